The highest BCUT2D eigenvalue weighted by Gasteiger charge is 2.25. The number of amides is 3. The van der Waals surface area contributed by atoms with Crippen LogP contribution in [0, 0.1) is 5.41 Å². The van der Waals surface area contributed by atoms with Crippen LogP contribution in [0.4, 0.5) is 0 Å². The van der Waals surface area contributed by atoms with Crippen molar-refractivity contribution < 1.29 is 43.4 Å². The number of aliphatic carboxylic acids is 1. The molecule has 0 aliphatic heterocycles. The van der Waals surface area contributed by atoms with E-state index in [0.29, 0.717) is 6.42 Å². The summed E-state index contributed by atoms with van der Waals surface area (Å²) in [5, 5.41) is 22.9. The van der Waals surface area contributed by atoms with E-state index in [1.807, 2.05) is 6.92 Å². The Labute approximate surface area is 240 Å². The first-order valence-corrected chi connectivity index (χ1v) is 13.2. The van der Waals surface area contributed by atoms with Gasteiger partial charge in [-0.05, 0) is 54.1 Å². The first-order valence-electron chi connectivity index (χ1n) is 13.2. The standard InChI is InChI=1S/C21H37N5O8.C5H9NO/c1-21(2,3)34-18(30)11-23-19(31)14(7-6-13(27)10-22)24-16(28)9-8-15(20(32)33)25-17(29)12-26(4)5;1-2-3-5(7)4-6/h14-15H,6-12,22H2,1-5H3,(H,23,31)(H,24,28)(H,25,29)(H,32,33);4,6H,2-3H2,1H3. The second-order valence-electron chi connectivity index (χ2n) is 10.3. The van der Waals surface area contributed by atoms with Gasteiger partial charge in [-0.25, -0.2) is 4.79 Å². The molecular weight excluding hydrogens is 540 g/mol. The number of rotatable bonds is 18. The van der Waals surface area contributed by atoms with Crippen molar-refractivity contribution in [3.05, 3.63) is 0 Å². The summed E-state index contributed by atoms with van der Waals surface area (Å²) < 4.78 is 5.10. The van der Waals surface area contributed by atoms with E-state index in [1.54, 1.807) is 39.8 Å². The monoisotopic (exact) mass is 586 g/mol. The molecule has 2 unspecified atom stereocenters. The van der Waals surface area contributed by atoms with E-state index in [4.69, 9.17) is 15.9 Å². The molecule has 0 aromatic carbocycles. The topological polar surface area (TPSA) is 238 Å². The third kappa shape index (κ3) is 22.8. The SMILES string of the molecule is CCCC(=O)C=N.CN(C)CC(=O)NC(CCC(=O)NC(CCC(=O)CN)C(=O)NCC(=O)OC(C)(C)C)C(=O)O. The molecule has 15 nitrogen and oxygen atoms in total. The number of nitrogens with one attached hydrogen (secondary N) is 4. The Morgan fingerprint density at radius 1 is 0.951 bits per heavy atom. The highest BCUT2D eigenvalue weighted by Crippen LogP contribution is 2.07. The van der Waals surface area contributed by atoms with E-state index in [2.05, 4.69) is 16.0 Å². The normalized spacial score (nSPS) is 12.1. The number of ether oxygens (including phenoxy) is 1. The summed E-state index contributed by atoms with van der Waals surface area (Å²) in [6.45, 7) is 6.23. The van der Waals surface area contributed by atoms with Crippen molar-refractivity contribution in [1.82, 2.24) is 20.9 Å². The fourth-order valence-corrected chi connectivity index (χ4v) is 2.98. The van der Waals surface area contributed by atoms with Crippen LogP contribution in [0.5, 0.6) is 0 Å². The van der Waals surface area contributed by atoms with Gasteiger partial charge in [0.05, 0.1) is 19.3 Å². The van der Waals surface area contributed by atoms with Gasteiger partial charge in [-0.2, -0.15) is 0 Å². The molecule has 0 aromatic rings. The van der Waals surface area contributed by atoms with Crippen LogP contribution < -0.4 is 21.7 Å². The first kappa shape index (κ1) is 39.4. The van der Waals surface area contributed by atoms with E-state index in [0.717, 1.165) is 12.6 Å². The van der Waals surface area contributed by atoms with Crippen LogP contribution >= 0.6 is 0 Å². The molecule has 0 bridgehead atoms. The smallest absolute Gasteiger partial charge is 0.326 e. The van der Waals surface area contributed by atoms with Crippen LogP contribution in [-0.2, 0) is 38.3 Å². The number of carboxylic acid groups (broad SMARTS) is 1. The van der Waals surface area contributed by atoms with Gasteiger partial charge < -0.3 is 41.8 Å². The van der Waals surface area contributed by atoms with Crippen molar-refractivity contribution in [2.75, 3.05) is 33.7 Å². The number of Topliss-reactive ketones (excluding diaryl/α,β-unsaturated/α-hetero) is 2. The fraction of sp³-hybridized carbons (Fsp3) is 0.692. The molecule has 3 amide bonds. The minimum absolute atomic E-state index is 0.0228. The lowest BCUT2D eigenvalue weighted by atomic mass is 10.1. The number of carbonyl (C=O) groups excluding carboxylic acids is 6. The summed E-state index contributed by atoms with van der Waals surface area (Å²) >= 11 is 0. The summed E-state index contributed by atoms with van der Waals surface area (Å²) in [5.41, 5.74) is 4.54. The minimum Gasteiger partial charge on any atom is -0.480 e. The lowest BCUT2D eigenvalue weighted by Crippen LogP contribution is -2.49. The predicted octanol–water partition coefficient (Wildman–Crippen LogP) is -0.847. The number of carboxylic acids is 1. The molecule has 0 aliphatic rings. The van der Waals surface area contributed by atoms with Gasteiger partial charge in [0.15, 0.2) is 5.78 Å². The number of hydrogen-bond acceptors (Lipinski definition) is 11. The molecule has 0 heterocycles. The maximum atomic E-state index is 12.5. The highest BCUT2D eigenvalue weighted by molar-refractivity contribution is 6.26. The number of hydrogen-bond donors (Lipinski definition) is 6. The number of nitrogens with two attached hydrogens (primary N) is 1. The predicted molar refractivity (Wildman–Crippen MR) is 150 cm³/mol. The maximum Gasteiger partial charge on any atom is 0.326 e. The van der Waals surface area contributed by atoms with Crippen molar-refractivity contribution in [3.8, 4) is 0 Å². The van der Waals surface area contributed by atoms with Gasteiger partial charge in [-0.3, -0.25) is 28.8 Å². The second-order valence-corrected chi connectivity index (χ2v) is 10.3. The van der Waals surface area contributed by atoms with Crippen LogP contribution in [0.15, 0.2) is 0 Å². The average Bonchev–Trinajstić information content (AvgIpc) is 2.86. The summed E-state index contributed by atoms with van der Waals surface area (Å²) in [6, 6.07) is -2.45. The highest BCUT2D eigenvalue weighted by atomic mass is 16.6. The van der Waals surface area contributed by atoms with Crippen LogP contribution in [0.1, 0.15) is 66.2 Å². The van der Waals surface area contributed by atoms with E-state index in [9.17, 15) is 38.7 Å². The van der Waals surface area contributed by atoms with Gasteiger partial charge in [-0.15, -0.1) is 0 Å². The molecule has 234 valence electrons. The number of likely N-dealkylation sites (N-methyl/N-ethyl adjacent to an activating group) is 1. The van der Waals surface area contributed by atoms with E-state index < -0.39 is 53.9 Å². The first-order chi connectivity index (χ1) is 18.9. The maximum absolute atomic E-state index is 12.5. The average molecular weight is 587 g/mol. The summed E-state index contributed by atoms with van der Waals surface area (Å²) in [5.74, 6) is -4.28. The molecule has 0 spiro atoms. The lowest BCUT2D eigenvalue weighted by Gasteiger charge is -2.21. The van der Waals surface area contributed by atoms with Crippen LogP contribution in [-0.4, -0.2) is 109 Å². The van der Waals surface area contributed by atoms with Crippen molar-refractivity contribution >= 4 is 47.4 Å². The number of nitrogens with zero attached hydrogens (tertiary/aromatic N) is 1. The third-order valence-corrected chi connectivity index (χ3v) is 4.83. The second kappa shape index (κ2) is 21.1. The third-order valence-electron chi connectivity index (χ3n) is 4.83. The van der Waals surface area contributed by atoms with Gasteiger partial charge in [0.25, 0.3) is 0 Å². The van der Waals surface area contributed by atoms with Gasteiger partial charge >= 0.3 is 11.9 Å². The fourth-order valence-electron chi connectivity index (χ4n) is 2.98. The molecule has 0 rings (SSSR count). The van der Waals surface area contributed by atoms with Crippen LogP contribution in [0.2, 0.25) is 0 Å². The summed E-state index contributed by atoms with van der Waals surface area (Å²) in [7, 11) is 3.29. The zero-order valence-corrected chi connectivity index (χ0v) is 24.8. The minimum atomic E-state index is -1.31. The molecule has 0 fully saturated rings. The van der Waals surface area contributed by atoms with Crippen LogP contribution in [0.3, 0.4) is 0 Å². The van der Waals surface area contributed by atoms with E-state index in [-0.39, 0.29) is 50.3 Å². The molecule has 41 heavy (non-hydrogen) atoms. The Balaban J connectivity index is 0. The Morgan fingerprint density at radius 2 is 1.51 bits per heavy atom. The number of esters is 1. The van der Waals surface area contributed by atoms with Crippen molar-refractivity contribution in [3.63, 3.8) is 0 Å². The van der Waals surface area contributed by atoms with Crippen LogP contribution in [0.25, 0.3) is 0 Å². The molecule has 0 saturated carbocycles. The molecule has 0 aromatic heterocycles. The van der Waals surface area contributed by atoms with Gasteiger partial charge in [0.1, 0.15) is 30.0 Å². The van der Waals surface area contributed by atoms with Crippen molar-refractivity contribution in [2.45, 2.75) is 83.9 Å². The van der Waals surface area contributed by atoms with E-state index in [1.165, 1.54) is 0 Å². The number of ketones is 2. The molecule has 0 aliphatic carbocycles. The number of carbonyl (C=O) groups is 7. The zero-order chi connectivity index (χ0) is 32.2. The molecule has 2 atom stereocenters. The Bertz CT molecular complexity index is 916. The Hall–Kier alpha value is -3.72. The largest absolute Gasteiger partial charge is 0.480 e. The molecule has 15 heteroatoms. The molecule has 0 saturated heterocycles. The van der Waals surface area contributed by atoms with Gasteiger partial charge in [0, 0.05) is 19.3 Å². The molecule has 7 N–H and O–H groups in total. The quantitative estimate of drug-likeness (QED) is 0.0854. The lowest BCUT2D eigenvalue weighted by molar-refractivity contribution is -0.154. The Morgan fingerprint density at radius 3 is 1.95 bits per heavy atom. The van der Waals surface area contributed by atoms with Gasteiger partial charge in [0.2, 0.25) is 17.7 Å². The summed E-state index contributed by atoms with van der Waals surface area (Å²) in [4.78, 5) is 83.2. The summed E-state index contributed by atoms with van der Waals surface area (Å²) in [6.07, 6.45) is 1.55. The van der Waals surface area contributed by atoms with Crippen molar-refractivity contribution in [1.29, 1.82) is 5.41 Å². The zero-order valence-electron chi connectivity index (χ0n) is 24.8. The van der Waals surface area contributed by atoms with Crippen molar-refractivity contribution in [2.24, 2.45) is 5.73 Å². The van der Waals surface area contributed by atoms with Gasteiger partial charge in [-0.1, -0.05) is 6.92 Å². The Kier molecular flexibility index (Phi) is 20.3. The molecule has 0 radical (unpaired) electrons. The van der Waals surface area contributed by atoms with E-state index >= 15 is 0 Å². The molecular formula is C26H46N6O9.